The van der Waals surface area contributed by atoms with E-state index in [0.29, 0.717) is 23.9 Å². The van der Waals surface area contributed by atoms with Gasteiger partial charge < -0.3 is 22.1 Å². The van der Waals surface area contributed by atoms with Crippen LogP contribution in [-0.2, 0) is 16.1 Å². The van der Waals surface area contributed by atoms with Crippen LogP contribution in [0.15, 0.2) is 36.7 Å². The Labute approximate surface area is 141 Å². The van der Waals surface area contributed by atoms with Gasteiger partial charge in [0.05, 0.1) is 11.9 Å². The van der Waals surface area contributed by atoms with Gasteiger partial charge in [-0.3, -0.25) is 9.59 Å². The molecule has 0 saturated carbocycles. The lowest BCUT2D eigenvalue weighted by Gasteiger charge is -2.00. The molecule has 2 aromatic heterocycles. The minimum absolute atomic E-state index is 0. The van der Waals surface area contributed by atoms with Crippen LogP contribution < -0.4 is 22.1 Å². The first-order valence-corrected chi connectivity index (χ1v) is 6.82. The Kier molecular flexibility index (Phi) is 9.35. The fourth-order valence-electron chi connectivity index (χ4n) is 1.46. The molecule has 6 N–H and O–H groups in total. The van der Waals surface area contributed by atoms with Gasteiger partial charge in [0.2, 0.25) is 11.8 Å². The van der Waals surface area contributed by atoms with Crippen molar-refractivity contribution in [3.05, 3.63) is 42.2 Å². The lowest BCUT2D eigenvalue weighted by Crippen LogP contribution is -2.07. The summed E-state index contributed by atoms with van der Waals surface area (Å²) in [6.07, 6.45) is 3.14. The van der Waals surface area contributed by atoms with Crippen LogP contribution in [0.3, 0.4) is 0 Å². The maximum Gasteiger partial charge on any atom is 0.222 e. The molecule has 0 saturated heterocycles. The van der Waals surface area contributed by atoms with Crippen molar-refractivity contribution in [2.24, 2.45) is 5.73 Å². The van der Waals surface area contributed by atoms with Crippen molar-refractivity contribution in [1.82, 2.24) is 9.97 Å². The predicted octanol–water partition coefficient (Wildman–Crippen LogP) is 1.76. The van der Waals surface area contributed by atoms with E-state index >= 15 is 0 Å². The summed E-state index contributed by atoms with van der Waals surface area (Å²) in [5.41, 5.74) is 12.3. The molecule has 0 spiro atoms. The number of pyridine rings is 2. The number of aromatic nitrogens is 2. The summed E-state index contributed by atoms with van der Waals surface area (Å²) in [4.78, 5) is 28.9. The number of nitrogen functional groups attached to an aromatic ring is 1. The molecular formula is C16H24N6O2. The second-order valence-electron chi connectivity index (χ2n) is 4.59. The van der Waals surface area contributed by atoms with Gasteiger partial charge in [-0.1, -0.05) is 13.5 Å². The quantitative estimate of drug-likeness (QED) is 0.676. The summed E-state index contributed by atoms with van der Waals surface area (Å²) in [5, 5.41) is 5.09. The molecule has 0 fully saturated rings. The van der Waals surface area contributed by atoms with E-state index in [4.69, 9.17) is 11.5 Å². The highest BCUT2D eigenvalue weighted by molar-refractivity contribution is 5.88. The smallest absolute Gasteiger partial charge is 0.222 e. The predicted molar refractivity (Wildman–Crippen MR) is 96.1 cm³/mol. The first-order valence-electron chi connectivity index (χ1n) is 6.82. The summed E-state index contributed by atoms with van der Waals surface area (Å²) in [6.45, 7) is 3.34. The Morgan fingerprint density at radius 1 is 0.958 bits per heavy atom. The van der Waals surface area contributed by atoms with Crippen LogP contribution in [0.1, 0.15) is 26.8 Å². The van der Waals surface area contributed by atoms with Crippen molar-refractivity contribution in [1.29, 1.82) is 0 Å². The summed E-state index contributed by atoms with van der Waals surface area (Å²) < 4.78 is 0. The minimum Gasteiger partial charge on any atom is -0.397 e. The summed E-state index contributed by atoms with van der Waals surface area (Å²) in [6, 6.07) is 6.89. The van der Waals surface area contributed by atoms with Gasteiger partial charge >= 0.3 is 0 Å². The monoisotopic (exact) mass is 332 g/mol. The van der Waals surface area contributed by atoms with Gasteiger partial charge in [0.25, 0.3) is 0 Å². The van der Waals surface area contributed by atoms with E-state index < -0.39 is 0 Å². The van der Waals surface area contributed by atoms with Gasteiger partial charge in [0, 0.05) is 26.6 Å². The van der Waals surface area contributed by atoms with Crippen LogP contribution in [0.2, 0.25) is 0 Å². The highest BCUT2D eigenvalue weighted by Crippen LogP contribution is 2.05. The molecule has 8 heteroatoms. The first-order chi connectivity index (χ1) is 10.9. The highest BCUT2D eigenvalue weighted by atomic mass is 16.2. The summed E-state index contributed by atoms with van der Waals surface area (Å²) in [5.74, 6) is 0.816. The first kappa shape index (κ1) is 21.0. The SMILES string of the molecule is C.CC(=O)Nc1ccc(CN)cn1.CC(=O)Nc1ccc(N)cn1. The zero-order chi connectivity index (χ0) is 17.2. The number of anilines is 3. The molecule has 2 rings (SSSR count). The van der Waals surface area contributed by atoms with E-state index in [0.717, 1.165) is 5.56 Å². The van der Waals surface area contributed by atoms with E-state index in [1.54, 1.807) is 24.4 Å². The van der Waals surface area contributed by atoms with Crippen LogP contribution in [-0.4, -0.2) is 21.8 Å². The number of carbonyl (C=O) groups is 2. The molecule has 0 atom stereocenters. The Hall–Kier alpha value is -3.00. The van der Waals surface area contributed by atoms with Crippen LogP contribution >= 0.6 is 0 Å². The maximum atomic E-state index is 10.6. The molecule has 0 aliphatic carbocycles. The number of rotatable bonds is 3. The number of nitrogens with two attached hydrogens (primary N) is 2. The van der Waals surface area contributed by atoms with Crippen molar-refractivity contribution in [2.75, 3.05) is 16.4 Å². The third-order valence-corrected chi connectivity index (χ3v) is 2.46. The van der Waals surface area contributed by atoms with Gasteiger partial charge in [-0.05, 0) is 23.8 Å². The second kappa shape index (κ2) is 10.7. The Balaban J connectivity index is 0.000000425. The molecule has 0 aromatic carbocycles. The number of hydrogen-bond acceptors (Lipinski definition) is 6. The Morgan fingerprint density at radius 3 is 1.79 bits per heavy atom. The number of nitrogens with one attached hydrogen (secondary N) is 2. The molecule has 0 unspecified atom stereocenters. The van der Waals surface area contributed by atoms with E-state index in [-0.39, 0.29) is 19.2 Å². The van der Waals surface area contributed by atoms with Crippen LogP contribution in [0.5, 0.6) is 0 Å². The van der Waals surface area contributed by atoms with Crippen molar-refractivity contribution >= 4 is 29.1 Å². The number of nitrogens with zero attached hydrogens (tertiary/aromatic N) is 2. The maximum absolute atomic E-state index is 10.6. The van der Waals surface area contributed by atoms with Crippen LogP contribution in [0.4, 0.5) is 17.3 Å². The molecule has 2 aromatic rings. The van der Waals surface area contributed by atoms with E-state index in [2.05, 4.69) is 20.6 Å². The fraction of sp³-hybridized carbons (Fsp3) is 0.250. The Bertz CT molecular complexity index is 641. The molecular weight excluding hydrogens is 308 g/mol. The van der Waals surface area contributed by atoms with Crippen molar-refractivity contribution in [3.8, 4) is 0 Å². The topological polar surface area (TPSA) is 136 Å². The van der Waals surface area contributed by atoms with Gasteiger partial charge in [0.15, 0.2) is 0 Å². The highest BCUT2D eigenvalue weighted by Gasteiger charge is 1.96. The van der Waals surface area contributed by atoms with Crippen molar-refractivity contribution in [2.45, 2.75) is 27.8 Å². The third-order valence-electron chi connectivity index (χ3n) is 2.46. The molecule has 8 nitrogen and oxygen atoms in total. The summed E-state index contributed by atoms with van der Waals surface area (Å²) in [7, 11) is 0. The number of carbonyl (C=O) groups excluding carboxylic acids is 2. The summed E-state index contributed by atoms with van der Waals surface area (Å²) >= 11 is 0. The van der Waals surface area contributed by atoms with Crippen molar-refractivity contribution < 1.29 is 9.59 Å². The molecule has 2 amide bonds. The molecule has 0 bridgehead atoms. The zero-order valence-electron chi connectivity index (χ0n) is 13.0. The molecule has 130 valence electrons. The van der Waals surface area contributed by atoms with Gasteiger partial charge in [-0.15, -0.1) is 0 Å². The molecule has 24 heavy (non-hydrogen) atoms. The molecule has 2 heterocycles. The lowest BCUT2D eigenvalue weighted by molar-refractivity contribution is -0.115. The fourth-order valence-corrected chi connectivity index (χ4v) is 1.46. The molecule has 0 radical (unpaired) electrons. The lowest BCUT2D eigenvalue weighted by atomic mass is 10.3. The van der Waals surface area contributed by atoms with E-state index in [1.807, 2.05) is 6.07 Å². The van der Waals surface area contributed by atoms with E-state index in [1.165, 1.54) is 20.0 Å². The zero-order valence-corrected chi connectivity index (χ0v) is 13.0. The average Bonchev–Trinajstić information content (AvgIpc) is 2.50. The molecule has 0 aliphatic heterocycles. The molecule has 0 aliphatic rings. The van der Waals surface area contributed by atoms with Crippen molar-refractivity contribution in [3.63, 3.8) is 0 Å². The average molecular weight is 332 g/mol. The van der Waals surface area contributed by atoms with Gasteiger partial charge in [0.1, 0.15) is 11.6 Å². The standard InChI is InChI=1S/C8H11N3O.C7H9N3O.CH4/c1-6(12)11-8-3-2-7(4-9)5-10-8;1-5(11)10-7-3-2-6(8)4-9-7;/h2-3,5H,4,9H2,1H3,(H,10,11,12);2-4H,8H2,1H3,(H,9,10,11);1H4. The number of amides is 2. The second-order valence-corrected chi connectivity index (χ2v) is 4.59. The normalized spacial score (nSPS) is 8.96. The Morgan fingerprint density at radius 2 is 1.46 bits per heavy atom. The third kappa shape index (κ3) is 8.44. The van der Waals surface area contributed by atoms with Gasteiger partial charge in [-0.25, -0.2) is 9.97 Å². The largest absolute Gasteiger partial charge is 0.397 e. The minimum atomic E-state index is -0.137. The number of hydrogen-bond donors (Lipinski definition) is 4. The van der Waals surface area contributed by atoms with E-state index in [9.17, 15) is 9.59 Å². The van der Waals surface area contributed by atoms with Gasteiger partial charge in [-0.2, -0.15) is 0 Å². The van der Waals surface area contributed by atoms with Crippen LogP contribution in [0.25, 0.3) is 0 Å². The van der Waals surface area contributed by atoms with Crippen LogP contribution in [0, 0.1) is 0 Å².